The molecule has 1 aromatic carbocycles. The molecule has 0 radical (unpaired) electrons. The quantitative estimate of drug-likeness (QED) is 0.517. The number of amides is 2. The van der Waals surface area contributed by atoms with E-state index in [-0.39, 0.29) is 17.0 Å². The smallest absolute Gasteiger partial charge is 0.270 e. The third kappa shape index (κ3) is 6.34. The minimum Gasteiger partial charge on any atom is -0.360 e. The molecular weight excluding hydrogens is 452 g/mol. The predicted molar refractivity (Wildman–Crippen MR) is 135 cm³/mol. The van der Waals surface area contributed by atoms with Crippen LogP contribution in [0.2, 0.25) is 0 Å². The normalized spacial score (nSPS) is 15.4. The molecule has 1 aromatic heterocycles. The molecule has 2 aromatic rings. The fourth-order valence-corrected chi connectivity index (χ4v) is 4.88. The SMILES string of the molecule is CCNC(=O)/C(C#N)=c1\s/c(=C/Nc2cccc(NC(=O)CN3CCCCC3)c2)c(=O)n1CC. The molecule has 0 spiro atoms. The highest BCUT2D eigenvalue weighted by atomic mass is 32.1. The van der Waals surface area contributed by atoms with Gasteiger partial charge in [-0.1, -0.05) is 12.5 Å². The maximum absolute atomic E-state index is 12.8. The lowest BCUT2D eigenvalue weighted by molar-refractivity contribution is -0.117. The summed E-state index contributed by atoms with van der Waals surface area (Å²) in [7, 11) is 0. The van der Waals surface area contributed by atoms with Crippen LogP contribution in [0.15, 0.2) is 29.1 Å². The second-order valence-corrected chi connectivity index (χ2v) is 8.95. The summed E-state index contributed by atoms with van der Waals surface area (Å²) < 4.78 is 2.12. The maximum atomic E-state index is 12.8. The molecule has 1 aliphatic heterocycles. The zero-order chi connectivity index (χ0) is 24.5. The molecule has 1 saturated heterocycles. The highest BCUT2D eigenvalue weighted by Gasteiger charge is 2.15. The zero-order valence-electron chi connectivity index (χ0n) is 19.5. The largest absolute Gasteiger partial charge is 0.360 e. The summed E-state index contributed by atoms with van der Waals surface area (Å²) in [5.74, 6) is -0.553. The monoisotopic (exact) mass is 482 g/mol. The second-order valence-electron chi connectivity index (χ2n) is 7.92. The number of carbonyl (C=O) groups is 2. The van der Waals surface area contributed by atoms with Crippen molar-refractivity contribution < 1.29 is 9.59 Å². The van der Waals surface area contributed by atoms with Gasteiger partial charge in [0.2, 0.25) is 5.91 Å². The Kier molecular flexibility index (Phi) is 9.01. The van der Waals surface area contributed by atoms with Gasteiger partial charge in [0.25, 0.3) is 11.5 Å². The molecule has 3 N–H and O–H groups in total. The van der Waals surface area contributed by atoms with E-state index in [1.807, 2.05) is 24.3 Å². The van der Waals surface area contributed by atoms with Crippen LogP contribution in [0.25, 0.3) is 11.8 Å². The zero-order valence-corrected chi connectivity index (χ0v) is 20.3. The van der Waals surface area contributed by atoms with Crippen LogP contribution in [0.4, 0.5) is 11.4 Å². The van der Waals surface area contributed by atoms with Crippen molar-refractivity contribution in [1.82, 2.24) is 14.8 Å². The first-order valence-electron chi connectivity index (χ1n) is 11.5. The van der Waals surface area contributed by atoms with Gasteiger partial charge < -0.3 is 16.0 Å². The van der Waals surface area contributed by atoms with Crippen LogP contribution in [0, 0.1) is 11.3 Å². The van der Waals surface area contributed by atoms with Crippen molar-refractivity contribution in [1.29, 1.82) is 5.26 Å². The van der Waals surface area contributed by atoms with Crippen LogP contribution in [0.5, 0.6) is 0 Å². The Hall–Kier alpha value is -3.42. The molecular formula is C24H30N6O3S. The number of likely N-dealkylation sites (tertiary alicyclic amines) is 1. The van der Waals surface area contributed by atoms with Gasteiger partial charge >= 0.3 is 0 Å². The Morgan fingerprint density at radius 1 is 1.18 bits per heavy atom. The van der Waals surface area contributed by atoms with Crippen molar-refractivity contribution in [3.8, 4) is 6.07 Å². The van der Waals surface area contributed by atoms with Crippen molar-refractivity contribution >= 4 is 46.3 Å². The van der Waals surface area contributed by atoms with Crippen molar-refractivity contribution in [2.75, 3.05) is 36.8 Å². The van der Waals surface area contributed by atoms with Gasteiger partial charge in [0.05, 0.1) is 6.54 Å². The van der Waals surface area contributed by atoms with E-state index in [4.69, 9.17) is 0 Å². The van der Waals surface area contributed by atoms with Crippen molar-refractivity contribution in [2.45, 2.75) is 39.7 Å². The van der Waals surface area contributed by atoms with E-state index in [0.29, 0.717) is 40.2 Å². The number of carbonyl (C=O) groups excluding carboxylic acids is 2. The third-order valence-electron chi connectivity index (χ3n) is 5.45. The third-order valence-corrected chi connectivity index (χ3v) is 6.58. The van der Waals surface area contributed by atoms with Crippen LogP contribution in [0.3, 0.4) is 0 Å². The van der Waals surface area contributed by atoms with E-state index in [1.165, 1.54) is 11.0 Å². The first-order chi connectivity index (χ1) is 16.5. The predicted octanol–water partition coefficient (Wildman–Crippen LogP) is 1.01. The van der Waals surface area contributed by atoms with E-state index in [9.17, 15) is 19.6 Å². The Labute approximate surface area is 202 Å². The van der Waals surface area contributed by atoms with Crippen LogP contribution in [-0.2, 0) is 16.1 Å². The number of piperidine rings is 1. The van der Waals surface area contributed by atoms with E-state index in [2.05, 4.69) is 20.9 Å². The maximum Gasteiger partial charge on any atom is 0.270 e. The number of anilines is 2. The highest BCUT2D eigenvalue weighted by molar-refractivity contribution is 7.07. The Balaban J connectivity index is 1.80. The van der Waals surface area contributed by atoms with E-state index < -0.39 is 5.91 Å². The van der Waals surface area contributed by atoms with Gasteiger partial charge in [0.15, 0.2) is 5.57 Å². The topological polar surface area (TPSA) is 119 Å². The average molecular weight is 483 g/mol. The summed E-state index contributed by atoms with van der Waals surface area (Å²) in [4.78, 5) is 39.6. The molecule has 180 valence electrons. The summed E-state index contributed by atoms with van der Waals surface area (Å²) >= 11 is 1.09. The van der Waals surface area contributed by atoms with Gasteiger partial charge in [-0.2, -0.15) is 5.26 Å². The number of aromatic nitrogens is 1. The van der Waals surface area contributed by atoms with Crippen molar-refractivity contribution in [2.24, 2.45) is 0 Å². The minimum atomic E-state index is -0.499. The van der Waals surface area contributed by atoms with Gasteiger partial charge in [0.1, 0.15) is 15.3 Å². The minimum absolute atomic E-state index is 0.0540. The molecule has 9 nitrogen and oxygen atoms in total. The number of rotatable bonds is 8. The lowest BCUT2D eigenvalue weighted by Gasteiger charge is -2.25. The summed E-state index contributed by atoms with van der Waals surface area (Å²) in [6, 6.07) is 9.17. The molecule has 0 saturated carbocycles. The lowest BCUT2D eigenvalue weighted by atomic mass is 10.1. The summed E-state index contributed by atoms with van der Waals surface area (Å²) in [6.07, 6.45) is 5.04. The molecule has 0 bridgehead atoms. The fraction of sp³-hybridized carbons (Fsp3) is 0.417. The number of nitrogens with one attached hydrogen (secondary N) is 3. The Bertz CT molecular complexity index is 1250. The number of nitriles is 1. The van der Waals surface area contributed by atoms with Crippen molar-refractivity contribution in [3.05, 3.63) is 43.8 Å². The fourth-order valence-electron chi connectivity index (χ4n) is 3.79. The molecule has 1 fully saturated rings. The van der Waals surface area contributed by atoms with Crippen LogP contribution >= 0.6 is 11.3 Å². The van der Waals surface area contributed by atoms with Crippen LogP contribution < -0.4 is 30.7 Å². The molecule has 0 aliphatic carbocycles. The average Bonchev–Trinajstić information content (AvgIpc) is 3.14. The number of hydrogen-bond donors (Lipinski definition) is 3. The lowest BCUT2D eigenvalue weighted by Crippen LogP contribution is -2.36. The van der Waals surface area contributed by atoms with Crippen LogP contribution in [-0.4, -0.2) is 47.5 Å². The summed E-state index contributed by atoms with van der Waals surface area (Å²) in [5.41, 5.74) is 0.998. The molecule has 10 heteroatoms. The van der Waals surface area contributed by atoms with Crippen LogP contribution in [0.1, 0.15) is 33.1 Å². The molecule has 1 aliphatic rings. The van der Waals surface area contributed by atoms with Gasteiger partial charge in [0, 0.05) is 30.7 Å². The van der Waals surface area contributed by atoms with E-state index in [0.717, 1.165) is 37.3 Å². The molecule has 0 atom stereocenters. The molecule has 0 unspecified atom stereocenters. The molecule has 2 amide bonds. The first-order valence-corrected chi connectivity index (χ1v) is 12.3. The second kappa shape index (κ2) is 12.2. The molecule has 2 heterocycles. The first kappa shape index (κ1) is 25.2. The summed E-state index contributed by atoms with van der Waals surface area (Å²) in [6.45, 7) is 6.56. The summed E-state index contributed by atoms with van der Waals surface area (Å²) in [5, 5.41) is 18.1. The number of nitrogens with zero attached hydrogens (tertiary/aromatic N) is 3. The van der Waals surface area contributed by atoms with Gasteiger partial charge in [-0.15, -0.1) is 11.3 Å². The van der Waals surface area contributed by atoms with E-state index >= 15 is 0 Å². The Morgan fingerprint density at radius 3 is 2.59 bits per heavy atom. The number of benzene rings is 1. The standard InChI is InChI=1S/C24H30N6O3S/c1-3-26-22(32)19(14-25)24-30(4-2)23(33)20(34-24)15-27-17-9-8-10-18(13-17)28-21(31)16-29-11-6-5-7-12-29/h8-10,13,15,27H,3-7,11-12,16H2,1-2H3,(H,26,32)(H,28,31)/b20-15+,24-19-. The van der Waals surface area contributed by atoms with Crippen molar-refractivity contribution in [3.63, 3.8) is 0 Å². The van der Waals surface area contributed by atoms with E-state index in [1.54, 1.807) is 26.1 Å². The molecule has 3 rings (SSSR count). The highest BCUT2D eigenvalue weighted by Crippen LogP contribution is 2.15. The Morgan fingerprint density at radius 2 is 1.91 bits per heavy atom. The van der Waals surface area contributed by atoms with Gasteiger partial charge in [-0.25, -0.2) is 0 Å². The van der Waals surface area contributed by atoms with Gasteiger partial charge in [-0.05, 0) is 58.0 Å². The number of hydrogen-bond acceptors (Lipinski definition) is 7. The molecule has 34 heavy (non-hydrogen) atoms. The number of thiazole rings is 1. The van der Waals surface area contributed by atoms with Gasteiger partial charge in [-0.3, -0.25) is 23.9 Å².